The molecule has 0 aliphatic heterocycles. The maximum Gasteiger partial charge on any atom is 0.259 e. The standard InChI is InChI=1S/C12H12N2O/c1-8-4-3-5-10(6-8)9(2)11(7-13)12(14)15/h3-6H,1-2H3,(H2,14,15)/b11-9-. The zero-order chi connectivity index (χ0) is 11.4. The summed E-state index contributed by atoms with van der Waals surface area (Å²) in [5, 5.41) is 8.79. The topological polar surface area (TPSA) is 66.9 Å². The Labute approximate surface area is 88.8 Å². The second-order valence-corrected chi connectivity index (χ2v) is 3.35. The van der Waals surface area contributed by atoms with Crippen molar-refractivity contribution in [2.24, 2.45) is 5.73 Å². The van der Waals surface area contributed by atoms with Crippen LogP contribution in [-0.4, -0.2) is 5.91 Å². The molecule has 0 saturated carbocycles. The smallest absolute Gasteiger partial charge is 0.259 e. The first-order valence-corrected chi connectivity index (χ1v) is 4.54. The third-order valence-electron chi connectivity index (χ3n) is 2.18. The Morgan fingerprint density at radius 1 is 1.47 bits per heavy atom. The predicted octanol–water partition coefficient (Wildman–Crippen LogP) is 1.78. The van der Waals surface area contributed by atoms with E-state index in [1.807, 2.05) is 37.3 Å². The highest BCUT2D eigenvalue weighted by molar-refractivity contribution is 6.03. The van der Waals surface area contributed by atoms with E-state index in [4.69, 9.17) is 11.0 Å². The summed E-state index contributed by atoms with van der Waals surface area (Å²) in [6.45, 7) is 3.67. The molecule has 1 aromatic rings. The molecule has 0 bridgehead atoms. The van der Waals surface area contributed by atoms with Gasteiger partial charge in [0.25, 0.3) is 5.91 Å². The first-order valence-electron chi connectivity index (χ1n) is 4.54. The highest BCUT2D eigenvalue weighted by Gasteiger charge is 2.09. The minimum absolute atomic E-state index is 0.0144. The molecule has 0 aliphatic carbocycles. The van der Waals surface area contributed by atoms with E-state index in [0.717, 1.165) is 11.1 Å². The number of carbonyl (C=O) groups is 1. The van der Waals surface area contributed by atoms with Crippen molar-refractivity contribution < 1.29 is 4.79 Å². The van der Waals surface area contributed by atoms with Gasteiger partial charge in [0.1, 0.15) is 11.6 Å². The summed E-state index contributed by atoms with van der Waals surface area (Å²) in [6, 6.07) is 9.42. The van der Waals surface area contributed by atoms with Gasteiger partial charge in [-0.2, -0.15) is 5.26 Å². The maximum atomic E-state index is 11.0. The van der Waals surface area contributed by atoms with Gasteiger partial charge in [0.2, 0.25) is 0 Å². The normalized spacial score (nSPS) is 11.5. The average Bonchev–Trinajstić information content (AvgIpc) is 2.18. The number of rotatable bonds is 2. The molecular formula is C12H12N2O. The van der Waals surface area contributed by atoms with Gasteiger partial charge in [-0.05, 0) is 25.0 Å². The molecule has 0 atom stereocenters. The lowest BCUT2D eigenvalue weighted by molar-refractivity contribution is -0.114. The van der Waals surface area contributed by atoms with E-state index in [2.05, 4.69) is 0 Å². The molecule has 0 fully saturated rings. The van der Waals surface area contributed by atoms with E-state index < -0.39 is 5.91 Å². The number of nitrogens with zero attached hydrogens (tertiary/aromatic N) is 1. The van der Waals surface area contributed by atoms with Gasteiger partial charge in [-0.15, -0.1) is 0 Å². The average molecular weight is 200 g/mol. The highest BCUT2D eigenvalue weighted by atomic mass is 16.1. The summed E-state index contributed by atoms with van der Waals surface area (Å²) in [4.78, 5) is 11.0. The molecule has 0 radical (unpaired) electrons. The number of carbonyl (C=O) groups excluding carboxylic acids is 1. The summed E-state index contributed by atoms with van der Waals surface area (Å²) in [7, 11) is 0. The fourth-order valence-corrected chi connectivity index (χ4v) is 1.35. The van der Waals surface area contributed by atoms with Crippen LogP contribution in [0.5, 0.6) is 0 Å². The summed E-state index contributed by atoms with van der Waals surface area (Å²) >= 11 is 0. The number of primary amides is 1. The second-order valence-electron chi connectivity index (χ2n) is 3.35. The molecule has 2 N–H and O–H groups in total. The third-order valence-corrected chi connectivity index (χ3v) is 2.18. The molecular weight excluding hydrogens is 188 g/mol. The van der Waals surface area contributed by atoms with Crippen LogP contribution >= 0.6 is 0 Å². The van der Waals surface area contributed by atoms with Crippen molar-refractivity contribution in [3.8, 4) is 6.07 Å². The summed E-state index contributed by atoms with van der Waals surface area (Å²) < 4.78 is 0. The van der Waals surface area contributed by atoms with Gasteiger partial charge < -0.3 is 5.73 Å². The zero-order valence-electron chi connectivity index (χ0n) is 8.74. The maximum absolute atomic E-state index is 11.0. The lowest BCUT2D eigenvalue weighted by Crippen LogP contribution is -2.14. The summed E-state index contributed by atoms with van der Waals surface area (Å²) in [5.41, 5.74) is 7.67. The van der Waals surface area contributed by atoms with Crippen LogP contribution in [0.25, 0.3) is 5.57 Å². The molecule has 76 valence electrons. The van der Waals surface area contributed by atoms with Gasteiger partial charge in [0.15, 0.2) is 0 Å². The van der Waals surface area contributed by atoms with E-state index in [1.54, 1.807) is 6.92 Å². The summed E-state index contributed by atoms with van der Waals surface area (Å²) in [6.07, 6.45) is 0. The third kappa shape index (κ3) is 2.44. The molecule has 15 heavy (non-hydrogen) atoms. The molecule has 3 nitrogen and oxygen atoms in total. The van der Waals surface area contributed by atoms with Gasteiger partial charge >= 0.3 is 0 Å². The van der Waals surface area contributed by atoms with Crippen LogP contribution in [0.1, 0.15) is 18.1 Å². The van der Waals surface area contributed by atoms with E-state index in [1.165, 1.54) is 0 Å². The first-order chi connectivity index (χ1) is 7.06. The zero-order valence-corrected chi connectivity index (χ0v) is 8.74. The molecule has 1 rings (SSSR count). The van der Waals surface area contributed by atoms with Gasteiger partial charge in [0.05, 0.1) is 0 Å². The van der Waals surface area contributed by atoms with E-state index in [9.17, 15) is 4.79 Å². The molecule has 0 aliphatic rings. The predicted molar refractivity (Wildman–Crippen MR) is 58.6 cm³/mol. The van der Waals surface area contributed by atoms with Crippen molar-refractivity contribution in [1.82, 2.24) is 0 Å². The first kappa shape index (κ1) is 11.0. The van der Waals surface area contributed by atoms with Gasteiger partial charge in [0, 0.05) is 0 Å². The van der Waals surface area contributed by atoms with Crippen molar-refractivity contribution in [2.75, 3.05) is 0 Å². The van der Waals surface area contributed by atoms with E-state index in [-0.39, 0.29) is 5.57 Å². The second kappa shape index (κ2) is 4.43. The minimum atomic E-state index is -0.684. The Morgan fingerprint density at radius 2 is 2.13 bits per heavy atom. The molecule has 0 saturated heterocycles. The van der Waals surface area contributed by atoms with E-state index >= 15 is 0 Å². The number of amides is 1. The number of hydrogen-bond donors (Lipinski definition) is 1. The van der Waals surface area contributed by atoms with Crippen molar-refractivity contribution in [3.05, 3.63) is 41.0 Å². The molecule has 3 heteroatoms. The van der Waals surface area contributed by atoms with Crippen LogP contribution in [0, 0.1) is 18.3 Å². The SMILES string of the molecule is C/C(=C(\C#N)C(N)=O)c1cccc(C)c1. The van der Waals surface area contributed by atoms with Gasteiger partial charge in [-0.25, -0.2) is 0 Å². The fraction of sp³-hybridized carbons (Fsp3) is 0.167. The van der Waals surface area contributed by atoms with Crippen LogP contribution < -0.4 is 5.73 Å². The summed E-state index contributed by atoms with van der Waals surface area (Å²) in [5.74, 6) is -0.684. The number of aryl methyl sites for hydroxylation is 1. The Hall–Kier alpha value is -2.08. The number of hydrogen-bond acceptors (Lipinski definition) is 2. The van der Waals surface area contributed by atoms with E-state index in [0.29, 0.717) is 5.57 Å². The molecule has 0 spiro atoms. The van der Waals surface area contributed by atoms with Gasteiger partial charge in [-0.3, -0.25) is 4.79 Å². The van der Waals surface area contributed by atoms with Gasteiger partial charge in [-0.1, -0.05) is 29.8 Å². The van der Waals surface area contributed by atoms with Crippen LogP contribution in [0.15, 0.2) is 29.8 Å². The van der Waals surface area contributed by atoms with Crippen LogP contribution in [-0.2, 0) is 4.79 Å². The number of allylic oxidation sites excluding steroid dienone is 1. The molecule has 1 amide bonds. The monoisotopic (exact) mass is 200 g/mol. The quantitative estimate of drug-likeness (QED) is 0.584. The minimum Gasteiger partial charge on any atom is -0.365 e. The Bertz CT molecular complexity index is 467. The Balaban J connectivity index is 3.30. The highest BCUT2D eigenvalue weighted by Crippen LogP contribution is 2.18. The largest absolute Gasteiger partial charge is 0.365 e. The van der Waals surface area contributed by atoms with Crippen LogP contribution in [0.3, 0.4) is 0 Å². The molecule has 1 aromatic carbocycles. The molecule has 0 unspecified atom stereocenters. The molecule has 0 aromatic heterocycles. The van der Waals surface area contributed by atoms with Crippen molar-refractivity contribution >= 4 is 11.5 Å². The lowest BCUT2D eigenvalue weighted by Gasteiger charge is -2.04. The lowest BCUT2D eigenvalue weighted by atomic mass is 10.0. The van der Waals surface area contributed by atoms with Crippen molar-refractivity contribution in [3.63, 3.8) is 0 Å². The number of nitriles is 1. The molecule has 0 heterocycles. The fourth-order valence-electron chi connectivity index (χ4n) is 1.35. The number of nitrogens with two attached hydrogens (primary N) is 1. The van der Waals surface area contributed by atoms with Crippen LogP contribution in [0.2, 0.25) is 0 Å². The number of benzene rings is 1. The Kier molecular flexibility index (Phi) is 3.25. The van der Waals surface area contributed by atoms with Crippen molar-refractivity contribution in [2.45, 2.75) is 13.8 Å². The van der Waals surface area contributed by atoms with Crippen LogP contribution in [0.4, 0.5) is 0 Å². The van der Waals surface area contributed by atoms with Crippen molar-refractivity contribution in [1.29, 1.82) is 5.26 Å². The Morgan fingerprint density at radius 3 is 2.60 bits per heavy atom.